The fourth-order valence-electron chi connectivity index (χ4n) is 3.41. The fourth-order valence-corrected chi connectivity index (χ4v) is 3.41. The number of nitrogens with one attached hydrogen (secondary N) is 1. The Hall–Kier alpha value is -4.13. The first-order chi connectivity index (χ1) is 14.7. The summed E-state index contributed by atoms with van der Waals surface area (Å²) in [6.07, 6.45) is 0.479. The highest BCUT2D eigenvalue weighted by molar-refractivity contribution is 5.92. The number of carbonyl (C=O) groups is 1. The second kappa shape index (κ2) is 7.36. The van der Waals surface area contributed by atoms with Gasteiger partial charge in [0.15, 0.2) is 11.5 Å². The van der Waals surface area contributed by atoms with Gasteiger partial charge in [-0.1, -0.05) is 30.3 Å². The van der Waals surface area contributed by atoms with Crippen LogP contribution in [-0.4, -0.2) is 23.0 Å². The Morgan fingerprint density at radius 2 is 1.80 bits per heavy atom. The van der Waals surface area contributed by atoms with Crippen LogP contribution < -0.4 is 19.8 Å². The summed E-state index contributed by atoms with van der Waals surface area (Å²) in [6.45, 7) is 0.142. The topological polar surface area (TPSA) is 90.5 Å². The molecule has 0 bridgehead atoms. The van der Waals surface area contributed by atoms with E-state index in [-0.39, 0.29) is 12.4 Å². The van der Waals surface area contributed by atoms with Crippen LogP contribution in [0.15, 0.2) is 71.5 Å². The maximum atomic E-state index is 12.5. The van der Waals surface area contributed by atoms with Crippen molar-refractivity contribution < 1.29 is 19.0 Å². The smallest absolute Gasteiger partial charge is 0.343 e. The van der Waals surface area contributed by atoms with Crippen molar-refractivity contribution >= 4 is 16.7 Å². The van der Waals surface area contributed by atoms with Crippen LogP contribution in [0.1, 0.15) is 21.6 Å². The molecule has 3 aromatic carbocycles. The Morgan fingerprint density at radius 1 is 0.967 bits per heavy atom. The molecule has 2 heterocycles. The maximum absolute atomic E-state index is 12.5. The molecule has 30 heavy (non-hydrogen) atoms. The van der Waals surface area contributed by atoms with E-state index in [1.165, 1.54) is 0 Å². The number of rotatable bonds is 4. The first-order valence-corrected chi connectivity index (χ1v) is 9.34. The molecule has 0 saturated heterocycles. The number of fused-ring (bicyclic) bond motifs is 2. The average molecular weight is 400 g/mol. The Bertz CT molecular complexity index is 1330. The Labute approximate surface area is 170 Å². The first-order valence-electron chi connectivity index (χ1n) is 9.34. The molecule has 1 N–H and O–H groups in total. The number of hydrogen-bond acceptors (Lipinski definition) is 6. The largest absolute Gasteiger partial charge is 0.454 e. The van der Waals surface area contributed by atoms with Crippen LogP contribution in [-0.2, 0) is 6.42 Å². The molecule has 7 nitrogen and oxygen atoms in total. The van der Waals surface area contributed by atoms with Crippen molar-refractivity contribution in [1.29, 1.82) is 0 Å². The average Bonchev–Trinajstić information content (AvgIpc) is 3.24. The molecule has 148 valence electrons. The molecule has 4 aromatic rings. The zero-order valence-corrected chi connectivity index (χ0v) is 15.8. The summed E-state index contributed by atoms with van der Waals surface area (Å²) in [7, 11) is 0. The van der Waals surface area contributed by atoms with Crippen molar-refractivity contribution in [3.05, 3.63) is 93.9 Å². The molecule has 1 aromatic heterocycles. The van der Waals surface area contributed by atoms with E-state index in [1.54, 1.807) is 36.4 Å². The minimum Gasteiger partial charge on any atom is -0.454 e. The van der Waals surface area contributed by atoms with Crippen molar-refractivity contribution in [2.24, 2.45) is 0 Å². The summed E-state index contributed by atoms with van der Waals surface area (Å²) in [5.41, 5.74) is 1.79. The highest BCUT2D eigenvalue weighted by Gasteiger charge is 2.17. The van der Waals surface area contributed by atoms with Gasteiger partial charge in [-0.05, 0) is 42.0 Å². The molecule has 5 rings (SSSR count). The van der Waals surface area contributed by atoms with Gasteiger partial charge in [0, 0.05) is 11.8 Å². The number of esters is 1. The number of aromatic nitrogens is 2. The van der Waals surface area contributed by atoms with E-state index in [9.17, 15) is 9.59 Å². The van der Waals surface area contributed by atoms with Gasteiger partial charge in [-0.15, -0.1) is 0 Å². The lowest BCUT2D eigenvalue weighted by molar-refractivity contribution is 0.0734. The molecule has 0 atom stereocenters. The van der Waals surface area contributed by atoms with Gasteiger partial charge < -0.3 is 14.2 Å². The van der Waals surface area contributed by atoms with Crippen LogP contribution in [0.5, 0.6) is 17.2 Å². The number of H-pyrrole nitrogens is 1. The van der Waals surface area contributed by atoms with Crippen molar-refractivity contribution in [2.45, 2.75) is 6.42 Å². The van der Waals surface area contributed by atoms with Crippen molar-refractivity contribution in [3.8, 4) is 17.2 Å². The summed E-state index contributed by atoms with van der Waals surface area (Å²) in [5.74, 6) is 1.06. The minimum atomic E-state index is -0.488. The van der Waals surface area contributed by atoms with E-state index >= 15 is 0 Å². The predicted molar refractivity (Wildman–Crippen MR) is 109 cm³/mol. The Morgan fingerprint density at radius 3 is 2.70 bits per heavy atom. The lowest BCUT2D eigenvalue weighted by Gasteiger charge is -2.08. The zero-order chi connectivity index (χ0) is 20.5. The minimum absolute atomic E-state index is 0.142. The summed E-state index contributed by atoms with van der Waals surface area (Å²) in [4.78, 5) is 24.5. The first kappa shape index (κ1) is 17.9. The highest BCUT2D eigenvalue weighted by atomic mass is 16.7. The molecule has 0 amide bonds. The van der Waals surface area contributed by atoms with Crippen LogP contribution in [0.3, 0.4) is 0 Å². The van der Waals surface area contributed by atoms with Crippen LogP contribution >= 0.6 is 0 Å². The van der Waals surface area contributed by atoms with Gasteiger partial charge in [-0.2, -0.15) is 5.10 Å². The summed E-state index contributed by atoms with van der Waals surface area (Å²) < 4.78 is 16.1. The van der Waals surface area contributed by atoms with Gasteiger partial charge in [-0.25, -0.2) is 9.89 Å². The third-order valence-electron chi connectivity index (χ3n) is 4.86. The van der Waals surface area contributed by atoms with Gasteiger partial charge in [0.1, 0.15) is 5.75 Å². The summed E-state index contributed by atoms with van der Waals surface area (Å²) in [5, 5.41) is 8.13. The molecule has 0 saturated carbocycles. The molecular formula is C23H16N2O5. The standard InChI is InChI=1S/C23H16N2O5/c26-22-18-7-2-1-6-17(18)19(24-25-22)11-14-4-3-5-16(10-14)30-23(27)15-8-9-20-21(12-15)29-13-28-20/h1-10,12H,11,13H2,(H,25,26). The van der Waals surface area contributed by atoms with E-state index in [2.05, 4.69) is 10.2 Å². The van der Waals surface area contributed by atoms with Gasteiger partial charge in [0.25, 0.3) is 5.56 Å². The third kappa shape index (κ3) is 3.37. The number of benzene rings is 3. The third-order valence-corrected chi connectivity index (χ3v) is 4.86. The van der Waals surface area contributed by atoms with Gasteiger partial charge in [0.05, 0.1) is 16.6 Å². The second-order valence-corrected chi connectivity index (χ2v) is 6.83. The molecule has 0 fully saturated rings. The monoisotopic (exact) mass is 400 g/mol. The number of hydrogen-bond donors (Lipinski definition) is 1. The Kier molecular flexibility index (Phi) is 4.40. The van der Waals surface area contributed by atoms with E-state index in [0.717, 1.165) is 16.6 Å². The number of carbonyl (C=O) groups excluding carboxylic acids is 1. The van der Waals surface area contributed by atoms with E-state index < -0.39 is 5.97 Å². The summed E-state index contributed by atoms with van der Waals surface area (Å²) in [6, 6.07) is 19.5. The normalized spacial score (nSPS) is 12.1. The molecule has 0 unspecified atom stereocenters. The zero-order valence-electron chi connectivity index (χ0n) is 15.8. The quantitative estimate of drug-likeness (QED) is 0.417. The lowest BCUT2D eigenvalue weighted by Crippen LogP contribution is -2.11. The molecular weight excluding hydrogens is 384 g/mol. The number of ether oxygens (including phenoxy) is 3. The van der Waals surface area contributed by atoms with Crippen molar-refractivity contribution in [2.75, 3.05) is 6.79 Å². The fraction of sp³-hybridized carbons (Fsp3) is 0.0870. The van der Waals surface area contributed by atoms with Crippen LogP contribution in [0.2, 0.25) is 0 Å². The Balaban J connectivity index is 1.38. The van der Waals surface area contributed by atoms with Gasteiger partial charge in [-0.3, -0.25) is 4.79 Å². The maximum Gasteiger partial charge on any atom is 0.343 e. The van der Waals surface area contributed by atoms with Gasteiger partial charge >= 0.3 is 5.97 Å². The van der Waals surface area contributed by atoms with Crippen LogP contribution in [0.25, 0.3) is 10.8 Å². The molecule has 1 aliphatic rings. The number of aromatic amines is 1. The molecule has 7 heteroatoms. The second-order valence-electron chi connectivity index (χ2n) is 6.83. The number of nitrogens with zero attached hydrogens (tertiary/aromatic N) is 1. The SMILES string of the molecule is O=C(Oc1cccc(Cc2n[nH]c(=O)c3ccccc23)c1)c1ccc2c(c1)OCO2. The van der Waals surface area contributed by atoms with E-state index in [4.69, 9.17) is 14.2 Å². The van der Waals surface area contributed by atoms with Gasteiger partial charge in [0.2, 0.25) is 6.79 Å². The van der Waals surface area contributed by atoms with Crippen LogP contribution in [0, 0.1) is 0 Å². The lowest BCUT2D eigenvalue weighted by atomic mass is 10.0. The molecule has 1 aliphatic heterocycles. The van der Waals surface area contributed by atoms with Crippen molar-refractivity contribution in [3.63, 3.8) is 0 Å². The predicted octanol–water partition coefficient (Wildman–Crippen LogP) is 3.46. The highest BCUT2D eigenvalue weighted by Crippen LogP contribution is 2.32. The van der Waals surface area contributed by atoms with E-state index in [0.29, 0.717) is 34.6 Å². The van der Waals surface area contributed by atoms with E-state index in [1.807, 2.05) is 30.3 Å². The van der Waals surface area contributed by atoms with Crippen LogP contribution in [0.4, 0.5) is 0 Å². The molecule has 0 spiro atoms. The van der Waals surface area contributed by atoms with Crippen molar-refractivity contribution in [1.82, 2.24) is 10.2 Å². The molecule has 0 aliphatic carbocycles. The summed E-state index contributed by atoms with van der Waals surface area (Å²) >= 11 is 0. The molecule has 0 radical (unpaired) electrons.